The van der Waals surface area contributed by atoms with Gasteiger partial charge in [-0.3, -0.25) is 11.3 Å². The van der Waals surface area contributed by atoms with E-state index in [1.165, 1.54) is 5.56 Å². The second kappa shape index (κ2) is 6.92. The van der Waals surface area contributed by atoms with Gasteiger partial charge in [0.15, 0.2) is 6.29 Å². The van der Waals surface area contributed by atoms with Crippen LogP contribution >= 0.6 is 11.3 Å². The van der Waals surface area contributed by atoms with Crippen LogP contribution in [0, 0.1) is 0 Å². The van der Waals surface area contributed by atoms with Crippen LogP contribution in [0.15, 0.2) is 16.8 Å². The maximum absolute atomic E-state index is 5.46. The summed E-state index contributed by atoms with van der Waals surface area (Å²) >= 11 is 1.70. The van der Waals surface area contributed by atoms with Crippen LogP contribution < -0.4 is 11.3 Å². The highest BCUT2D eigenvalue weighted by molar-refractivity contribution is 7.07. The van der Waals surface area contributed by atoms with Crippen LogP contribution in [0.1, 0.15) is 12.0 Å². The number of hydrazine groups is 1. The summed E-state index contributed by atoms with van der Waals surface area (Å²) in [6.45, 7) is 0. The van der Waals surface area contributed by atoms with Gasteiger partial charge in [-0.15, -0.1) is 0 Å². The number of nitrogens with one attached hydrogen (secondary N) is 1. The maximum Gasteiger partial charge on any atom is 0.173 e. The molecule has 1 aromatic rings. The van der Waals surface area contributed by atoms with Crippen molar-refractivity contribution in [2.75, 3.05) is 14.2 Å². The highest BCUT2D eigenvalue weighted by Crippen LogP contribution is 2.12. The third-order valence-electron chi connectivity index (χ3n) is 2.33. The fourth-order valence-electron chi connectivity index (χ4n) is 1.48. The minimum absolute atomic E-state index is 0.0138. The van der Waals surface area contributed by atoms with Gasteiger partial charge in [0.05, 0.1) is 6.04 Å². The highest BCUT2D eigenvalue weighted by Gasteiger charge is 2.18. The van der Waals surface area contributed by atoms with E-state index < -0.39 is 0 Å². The standard InChI is InChI=1S/C10H18N2O2S/c1-13-10(14-2)9(12-11)4-3-8-5-6-15-7-8/h5-7,9-10,12H,3-4,11H2,1-2H3. The van der Waals surface area contributed by atoms with Crippen molar-refractivity contribution in [1.29, 1.82) is 0 Å². The molecule has 0 aliphatic rings. The van der Waals surface area contributed by atoms with Crippen LogP contribution in [0.2, 0.25) is 0 Å². The minimum Gasteiger partial charge on any atom is -0.354 e. The molecule has 0 spiro atoms. The lowest BCUT2D eigenvalue weighted by Crippen LogP contribution is -2.46. The summed E-state index contributed by atoms with van der Waals surface area (Å²) in [6, 6.07) is 2.13. The number of aryl methyl sites for hydroxylation is 1. The summed E-state index contributed by atoms with van der Waals surface area (Å²) in [5.41, 5.74) is 4.05. The lowest BCUT2D eigenvalue weighted by molar-refractivity contribution is -0.124. The third-order valence-corrected chi connectivity index (χ3v) is 3.06. The van der Waals surface area contributed by atoms with Gasteiger partial charge in [0, 0.05) is 14.2 Å². The Labute approximate surface area is 94.3 Å². The Hall–Kier alpha value is -0.460. The van der Waals surface area contributed by atoms with Gasteiger partial charge < -0.3 is 9.47 Å². The number of nitrogens with two attached hydrogens (primary N) is 1. The van der Waals surface area contributed by atoms with Gasteiger partial charge in [-0.05, 0) is 35.2 Å². The average Bonchev–Trinajstić information content (AvgIpc) is 2.77. The van der Waals surface area contributed by atoms with E-state index in [-0.39, 0.29) is 12.3 Å². The van der Waals surface area contributed by atoms with Crippen LogP contribution in [0.3, 0.4) is 0 Å². The topological polar surface area (TPSA) is 56.5 Å². The van der Waals surface area contributed by atoms with E-state index in [4.69, 9.17) is 15.3 Å². The number of rotatable bonds is 7. The zero-order chi connectivity index (χ0) is 11.1. The van der Waals surface area contributed by atoms with Crippen molar-refractivity contribution in [2.24, 2.45) is 5.84 Å². The van der Waals surface area contributed by atoms with Gasteiger partial charge in [-0.2, -0.15) is 11.3 Å². The molecule has 0 bridgehead atoms. The summed E-state index contributed by atoms with van der Waals surface area (Å²) < 4.78 is 10.3. The normalized spacial score (nSPS) is 13.3. The molecule has 0 saturated heterocycles. The van der Waals surface area contributed by atoms with Crippen LogP contribution in [0.5, 0.6) is 0 Å². The molecule has 5 heteroatoms. The SMILES string of the molecule is COC(OC)C(CCc1ccsc1)NN. The molecular formula is C10H18N2O2S. The summed E-state index contributed by atoms with van der Waals surface area (Å²) in [4.78, 5) is 0. The molecule has 3 N–H and O–H groups in total. The van der Waals surface area contributed by atoms with Crippen LogP contribution in [-0.4, -0.2) is 26.6 Å². The molecule has 0 saturated carbocycles. The molecule has 1 heterocycles. The minimum atomic E-state index is -0.298. The number of hydrogen-bond donors (Lipinski definition) is 2. The van der Waals surface area contributed by atoms with Crippen molar-refractivity contribution in [1.82, 2.24) is 5.43 Å². The van der Waals surface area contributed by atoms with Crippen LogP contribution in [-0.2, 0) is 15.9 Å². The molecule has 1 unspecified atom stereocenters. The summed E-state index contributed by atoms with van der Waals surface area (Å²) in [5, 5.41) is 4.21. The lowest BCUT2D eigenvalue weighted by Gasteiger charge is -2.23. The van der Waals surface area contributed by atoms with E-state index in [2.05, 4.69) is 22.3 Å². The molecule has 1 rings (SSSR count). The van der Waals surface area contributed by atoms with Crippen molar-refractivity contribution < 1.29 is 9.47 Å². The predicted octanol–water partition coefficient (Wildman–Crippen LogP) is 1.13. The lowest BCUT2D eigenvalue weighted by atomic mass is 10.1. The largest absolute Gasteiger partial charge is 0.354 e. The second-order valence-corrected chi connectivity index (χ2v) is 4.06. The molecule has 0 aliphatic carbocycles. The Morgan fingerprint density at radius 3 is 2.67 bits per heavy atom. The monoisotopic (exact) mass is 230 g/mol. The van der Waals surface area contributed by atoms with Gasteiger partial charge in [0.2, 0.25) is 0 Å². The van der Waals surface area contributed by atoms with Gasteiger partial charge in [-0.1, -0.05) is 0 Å². The van der Waals surface area contributed by atoms with Crippen molar-refractivity contribution in [2.45, 2.75) is 25.2 Å². The average molecular weight is 230 g/mol. The van der Waals surface area contributed by atoms with Gasteiger partial charge >= 0.3 is 0 Å². The van der Waals surface area contributed by atoms with Gasteiger partial charge in [0.1, 0.15) is 0 Å². The molecule has 0 fully saturated rings. The molecule has 1 aromatic heterocycles. The van der Waals surface area contributed by atoms with E-state index >= 15 is 0 Å². The highest BCUT2D eigenvalue weighted by atomic mass is 32.1. The number of methoxy groups -OCH3 is 2. The fraction of sp³-hybridized carbons (Fsp3) is 0.600. The van der Waals surface area contributed by atoms with E-state index in [9.17, 15) is 0 Å². The molecule has 0 radical (unpaired) electrons. The molecule has 0 aliphatic heterocycles. The zero-order valence-electron chi connectivity index (χ0n) is 9.10. The van der Waals surface area contributed by atoms with Crippen molar-refractivity contribution in [3.63, 3.8) is 0 Å². The molecule has 4 nitrogen and oxygen atoms in total. The van der Waals surface area contributed by atoms with Crippen molar-refractivity contribution >= 4 is 11.3 Å². The summed E-state index contributed by atoms with van der Waals surface area (Å²) in [6.07, 6.45) is 1.56. The Kier molecular flexibility index (Phi) is 5.82. The molecule has 15 heavy (non-hydrogen) atoms. The Bertz CT molecular complexity index is 250. The summed E-state index contributed by atoms with van der Waals surface area (Å²) in [7, 11) is 3.23. The molecule has 1 atom stereocenters. The van der Waals surface area contributed by atoms with Crippen molar-refractivity contribution in [3.8, 4) is 0 Å². The Morgan fingerprint density at radius 1 is 1.47 bits per heavy atom. The van der Waals surface area contributed by atoms with Gasteiger partial charge in [0.25, 0.3) is 0 Å². The first-order valence-electron chi connectivity index (χ1n) is 4.84. The van der Waals surface area contributed by atoms with E-state index in [0.29, 0.717) is 0 Å². The zero-order valence-corrected chi connectivity index (χ0v) is 9.92. The molecule has 86 valence electrons. The summed E-state index contributed by atoms with van der Waals surface area (Å²) in [5.74, 6) is 5.46. The van der Waals surface area contributed by atoms with E-state index in [1.54, 1.807) is 25.6 Å². The number of thiophene rings is 1. The first kappa shape index (κ1) is 12.6. The fourth-order valence-corrected chi connectivity index (χ4v) is 2.18. The van der Waals surface area contributed by atoms with Gasteiger partial charge in [-0.25, -0.2) is 0 Å². The Balaban J connectivity index is 2.39. The quantitative estimate of drug-likeness (QED) is 0.419. The molecular weight excluding hydrogens is 212 g/mol. The van der Waals surface area contributed by atoms with Crippen LogP contribution in [0.4, 0.5) is 0 Å². The molecule has 0 amide bonds. The smallest absolute Gasteiger partial charge is 0.173 e. The Morgan fingerprint density at radius 2 is 2.20 bits per heavy atom. The third kappa shape index (κ3) is 3.89. The van der Waals surface area contributed by atoms with E-state index in [1.807, 2.05) is 0 Å². The maximum atomic E-state index is 5.46. The first-order valence-corrected chi connectivity index (χ1v) is 5.79. The van der Waals surface area contributed by atoms with Crippen LogP contribution in [0.25, 0.3) is 0 Å². The number of ether oxygens (including phenoxy) is 2. The second-order valence-electron chi connectivity index (χ2n) is 3.28. The van der Waals surface area contributed by atoms with E-state index in [0.717, 1.165) is 12.8 Å². The number of hydrogen-bond acceptors (Lipinski definition) is 5. The predicted molar refractivity (Wildman–Crippen MR) is 61.6 cm³/mol. The van der Waals surface area contributed by atoms with Crippen molar-refractivity contribution in [3.05, 3.63) is 22.4 Å². The molecule has 0 aromatic carbocycles. The first-order chi connectivity index (χ1) is 7.31.